The van der Waals surface area contributed by atoms with Crippen LogP contribution in [0.25, 0.3) is 54.3 Å². The summed E-state index contributed by atoms with van der Waals surface area (Å²) in [6, 6.07) is 33.9. The topological polar surface area (TPSA) is 62.5 Å². The fraction of sp³-hybridized carbons (Fsp3) is 0.282. The van der Waals surface area contributed by atoms with Crippen molar-refractivity contribution >= 4 is 31.5 Å². The summed E-state index contributed by atoms with van der Waals surface area (Å²) in [6.45, 7) is 4.89. The van der Waals surface area contributed by atoms with Crippen LogP contribution in [0.2, 0.25) is 0 Å². The second-order valence-electron chi connectivity index (χ2n) is 13.3. The van der Waals surface area contributed by atoms with Crippen molar-refractivity contribution < 1.29 is 0 Å². The second-order valence-corrected chi connectivity index (χ2v) is 14.4. The second kappa shape index (κ2) is 10.6. The van der Waals surface area contributed by atoms with Gasteiger partial charge >= 0.3 is 0 Å². The van der Waals surface area contributed by atoms with Crippen molar-refractivity contribution in [1.29, 1.82) is 5.26 Å². The molecule has 4 atom stereocenters. The first-order valence-corrected chi connectivity index (χ1v) is 16.6. The van der Waals surface area contributed by atoms with Gasteiger partial charge in [-0.3, -0.25) is 0 Å². The maximum atomic E-state index is 9.50. The van der Waals surface area contributed by atoms with Crippen molar-refractivity contribution in [1.82, 2.24) is 15.0 Å². The molecule has 2 saturated carbocycles. The van der Waals surface area contributed by atoms with E-state index in [1.54, 1.807) is 11.3 Å². The van der Waals surface area contributed by atoms with Gasteiger partial charge in [0.05, 0.1) is 11.6 Å². The molecule has 0 spiro atoms. The maximum Gasteiger partial charge on any atom is 0.164 e. The molecule has 2 aromatic heterocycles. The van der Waals surface area contributed by atoms with E-state index in [9.17, 15) is 5.26 Å². The first kappa shape index (κ1) is 27.2. The zero-order valence-corrected chi connectivity index (χ0v) is 25.9. The van der Waals surface area contributed by atoms with E-state index in [0.717, 1.165) is 45.2 Å². The molecule has 2 fully saturated rings. The average molecular weight is 591 g/mol. The lowest BCUT2D eigenvalue weighted by molar-refractivity contribution is 0.0780. The summed E-state index contributed by atoms with van der Waals surface area (Å²) in [6.07, 6.45) is 6.66. The SMILES string of the molecule is C[C@@H]1C[C@@H]2C[C@H](C)CC(c3ccc(-c4nc(-c5ccccc5)nc(-c5ccc6sc7ccc(C#N)cc7c6c5)n4)cc3)(C1)C2. The van der Waals surface area contributed by atoms with Gasteiger partial charge < -0.3 is 0 Å². The molecule has 0 aliphatic heterocycles. The Hall–Kier alpha value is -4.40. The summed E-state index contributed by atoms with van der Waals surface area (Å²) in [5.74, 6) is 4.42. The Morgan fingerprint density at radius 1 is 0.659 bits per heavy atom. The minimum absolute atomic E-state index is 0.294. The molecule has 216 valence electrons. The van der Waals surface area contributed by atoms with Crippen LogP contribution in [0, 0.1) is 29.1 Å². The van der Waals surface area contributed by atoms with E-state index in [-0.39, 0.29) is 0 Å². The van der Waals surface area contributed by atoms with E-state index >= 15 is 0 Å². The molecule has 4 nitrogen and oxygen atoms in total. The van der Waals surface area contributed by atoms with Gasteiger partial charge in [0, 0.05) is 36.9 Å². The highest BCUT2D eigenvalue weighted by molar-refractivity contribution is 7.25. The minimum Gasteiger partial charge on any atom is -0.208 e. The fourth-order valence-corrected chi connectivity index (χ4v) is 9.43. The van der Waals surface area contributed by atoms with Gasteiger partial charge in [0.25, 0.3) is 0 Å². The van der Waals surface area contributed by atoms with Gasteiger partial charge in [-0.1, -0.05) is 68.4 Å². The van der Waals surface area contributed by atoms with E-state index in [4.69, 9.17) is 15.0 Å². The van der Waals surface area contributed by atoms with Gasteiger partial charge in [0.2, 0.25) is 0 Å². The highest BCUT2D eigenvalue weighted by atomic mass is 32.1. The average Bonchev–Trinajstić information content (AvgIpc) is 3.41. The van der Waals surface area contributed by atoms with Crippen LogP contribution in [0.3, 0.4) is 0 Å². The predicted molar refractivity (Wildman–Crippen MR) is 180 cm³/mol. The number of nitrogens with zero attached hydrogens (tertiary/aromatic N) is 4. The monoisotopic (exact) mass is 590 g/mol. The summed E-state index contributed by atoms with van der Waals surface area (Å²) < 4.78 is 2.35. The van der Waals surface area contributed by atoms with Crippen LogP contribution in [-0.4, -0.2) is 15.0 Å². The van der Waals surface area contributed by atoms with Gasteiger partial charge in [0.1, 0.15) is 0 Å². The molecule has 2 heterocycles. The van der Waals surface area contributed by atoms with Crippen LogP contribution in [0.5, 0.6) is 0 Å². The van der Waals surface area contributed by atoms with Crippen LogP contribution < -0.4 is 0 Å². The molecular formula is C39H34N4S. The van der Waals surface area contributed by atoms with Gasteiger partial charge in [-0.2, -0.15) is 5.26 Å². The maximum absolute atomic E-state index is 9.50. The summed E-state index contributed by atoms with van der Waals surface area (Å²) >= 11 is 1.74. The number of hydrogen-bond acceptors (Lipinski definition) is 5. The lowest BCUT2D eigenvalue weighted by Gasteiger charge is -2.50. The van der Waals surface area contributed by atoms with E-state index in [0.29, 0.717) is 28.5 Å². The number of hydrogen-bond donors (Lipinski definition) is 0. The Balaban J connectivity index is 1.23. The van der Waals surface area contributed by atoms with E-state index in [1.807, 2.05) is 36.4 Å². The summed E-state index contributed by atoms with van der Waals surface area (Å²) in [7, 11) is 0. The molecule has 0 saturated heterocycles. The van der Waals surface area contributed by atoms with E-state index in [1.165, 1.54) is 47.1 Å². The predicted octanol–water partition coefficient (Wildman–Crippen LogP) is 10.2. The van der Waals surface area contributed by atoms with Crippen molar-refractivity contribution in [3.63, 3.8) is 0 Å². The minimum atomic E-state index is 0.294. The molecule has 6 aromatic rings. The van der Waals surface area contributed by atoms with Gasteiger partial charge in [-0.25, -0.2) is 15.0 Å². The van der Waals surface area contributed by atoms with Gasteiger partial charge in [-0.15, -0.1) is 11.3 Å². The number of rotatable bonds is 4. The van der Waals surface area contributed by atoms with E-state index in [2.05, 4.69) is 74.5 Å². The van der Waals surface area contributed by atoms with Crippen LogP contribution >= 0.6 is 11.3 Å². The summed E-state index contributed by atoms with van der Waals surface area (Å²) in [5.41, 5.74) is 5.35. The lowest BCUT2D eigenvalue weighted by atomic mass is 9.54. The zero-order chi connectivity index (χ0) is 29.8. The molecule has 0 N–H and O–H groups in total. The van der Waals surface area contributed by atoms with Crippen LogP contribution in [-0.2, 0) is 5.41 Å². The normalized spacial score (nSPS) is 23.1. The number of thiophene rings is 1. The van der Waals surface area contributed by atoms with E-state index < -0.39 is 0 Å². The molecule has 0 radical (unpaired) electrons. The number of fused-ring (bicyclic) bond motifs is 5. The Kier molecular flexibility index (Phi) is 6.57. The van der Waals surface area contributed by atoms with Gasteiger partial charge in [0.15, 0.2) is 17.5 Å². The lowest BCUT2D eigenvalue weighted by Crippen LogP contribution is -2.42. The van der Waals surface area contributed by atoms with Crippen LogP contribution in [0.4, 0.5) is 0 Å². The summed E-state index contributed by atoms with van der Waals surface area (Å²) in [5, 5.41) is 11.7. The third-order valence-electron chi connectivity index (χ3n) is 9.91. The molecule has 1 unspecified atom stereocenters. The molecule has 8 rings (SSSR count). The number of nitriles is 1. The van der Waals surface area contributed by atoms with Crippen LogP contribution in [0.1, 0.15) is 57.1 Å². The third kappa shape index (κ3) is 4.78. The van der Waals surface area contributed by atoms with Crippen molar-refractivity contribution in [2.24, 2.45) is 17.8 Å². The Labute approximate surface area is 262 Å². The molecule has 44 heavy (non-hydrogen) atoms. The molecular weight excluding hydrogens is 557 g/mol. The molecule has 0 amide bonds. The standard InChI is InChI=1S/C39H34N4S/c1-24-16-27-17-25(2)21-39(20-24,22-27)31-12-9-29(10-13-31)37-41-36(28-6-4-3-5-7-28)42-38(43-37)30-11-15-35-33(19-30)32-18-26(23-40)8-14-34(32)44-35/h3-15,18-19,24-25,27H,16-17,20-22H2,1-2H3/t24-,25+,27-,39?. The summed E-state index contributed by atoms with van der Waals surface area (Å²) in [4.78, 5) is 15.0. The fourth-order valence-electron chi connectivity index (χ4n) is 8.37. The van der Waals surface area contributed by atoms with Crippen molar-refractivity contribution in [3.05, 3.63) is 102 Å². The van der Waals surface area contributed by atoms with Gasteiger partial charge in [-0.05, 0) is 97.2 Å². The van der Waals surface area contributed by atoms with Crippen LogP contribution in [0.15, 0.2) is 91.0 Å². The Bertz CT molecular complexity index is 2040. The molecule has 4 aromatic carbocycles. The molecule has 2 bridgehead atoms. The first-order valence-electron chi connectivity index (χ1n) is 15.8. The van der Waals surface area contributed by atoms with Crippen molar-refractivity contribution in [2.45, 2.75) is 51.4 Å². The Morgan fingerprint density at radius 2 is 1.23 bits per heavy atom. The highest BCUT2D eigenvalue weighted by Gasteiger charge is 2.45. The third-order valence-corrected chi connectivity index (χ3v) is 11.1. The van der Waals surface area contributed by atoms with Crippen molar-refractivity contribution in [3.8, 4) is 40.2 Å². The largest absolute Gasteiger partial charge is 0.208 e. The first-order chi connectivity index (χ1) is 21.5. The molecule has 5 heteroatoms. The quantitative estimate of drug-likeness (QED) is 0.205. The molecule has 2 aliphatic carbocycles. The Morgan fingerprint density at radius 3 is 1.89 bits per heavy atom. The smallest absolute Gasteiger partial charge is 0.164 e. The molecule has 2 aliphatic rings. The zero-order valence-electron chi connectivity index (χ0n) is 25.1. The number of benzene rings is 4. The van der Waals surface area contributed by atoms with Crippen molar-refractivity contribution in [2.75, 3.05) is 0 Å². The number of aromatic nitrogens is 3. The highest BCUT2D eigenvalue weighted by Crippen LogP contribution is 2.54.